The topological polar surface area (TPSA) is 59.5 Å². The molecule has 34 heavy (non-hydrogen) atoms. The van der Waals surface area contributed by atoms with Gasteiger partial charge in [-0.2, -0.15) is 0 Å². The van der Waals surface area contributed by atoms with Crippen molar-refractivity contribution in [3.8, 4) is 22.5 Å². The van der Waals surface area contributed by atoms with Gasteiger partial charge in [-0.15, -0.1) is 0 Å². The molecule has 0 radical (unpaired) electrons. The van der Waals surface area contributed by atoms with Crippen molar-refractivity contribution in [3.63, 3.8) is 0 Å². The quantitative estimate of drug-likeness (QED) is 0.425. The maximum absolute atomic E-state index is 13.9. The minimum absolute atomic E-state index is 0.0622. The molecular formula is C29H27FN2O2. The fourth-order valence-electron chi connectivity index (χ4n) is 5.15. The summed E-state index contributed by atoms with van der Waals surface area (Å²) in [4.78, 5) is 15.9. The van der Waals surface area contributed by atoms with Crippen LogP contribution >= 0.6 is 0 Å². The Morgan fingerprint density at radius 2 is 1.68 bits per heavy atom. The van der Waals surface area contributed by atoms with E-state index in [2.05, 4.69) is 0 Å². The Morgan fingerprint density at radius 1 is 0.941 bits per heavy atom. The summed E-state index contributed by atoms with van der Waals surface area (Å²) in [5.74, 6) is 0.552. The normalized spacial score (nSPS) is 17.9. The van der Waals surface area contributed by atoms with Gasteiger partial charge in [0, 0.05) is 36.3 Å². The van der Waals surface area contributed by atoms with E-state index < -0.39 is 6.17 Å². The maximum atomic E-state index is 13.9. The highest BCUT2D eigenvalue weighted by Crippen LogP contribution is 2.40. The second-order valence-corrected chi connectivity index (χ2v) is 9.67. The van der Waals surface area contributed by atoms with Gasteiger partial charge in [-0.3, -0.25) is 9.69 Å². The number of fused-ring (bicyclic) bond motifs is 1. The molecule has 4 aromatic rings. The van der Waals surface area contributed by atoms with Crippen molar-refractivity contribution in [1.82, 2.24) is 4.90 Å². The third-order valence-corrected chi connectivity index (χ3v) is 7.34. The lowest BCUT2D eigenvalue weighted by atomic mass is 9.72. The summed E-state index contributed by atoms with van der Waals surface area (Å²) in [5, 5.41) is 0.544. The van der Waals surface area contributed by atoms with E-state index in [4.69, 9.17) is 10.2 Å². The van der Waals surface area contributed by atoms with Crippen molar-refractivity contribution in [2.75, 3.05) is 13.1 Å². The number of alkyl halides is 1. The van der Waals surface area contributed by atoms with E-state index in [-0.39, 0.29) is 11.0 Å². The number of likely N-dealkylation sites (tertiary alicyclic amines) is 1. The maximum Gasteiger partial charge on any atom is 0.201 e. The zero-order valence-electron chi connectivity index (χ0n) is 19.0. The van der Waals surface area contributed by atoms with E-state index in [0.29, 0.717) is 41.9 Å². The summed E-state index contributed by atoms with van der Waals surface area (Å²) in [6.45, 7) is 1.39. The highest BCUT2D eigenvalue weighted by atomic mass is 19.1. The number of hydrogen-bond donors (Lipinski definition) is 1. The molecular weight excluding hydrogens is 427 g/mol. The molecule has 0 unspecified atom stereocenters. The molecule has 1 aliphatic carbocycles. The van der Waals surface area contributed by atoms with E-state index >= 15 is 0 Å². The largest absolute Gasteiger partial charge is 0.455 e. The van der Waals surface area contributed by atoms with Gasteiger partial charge in [0.25, 0.3) is 0 Å². The standard InChI is InChI=1S/C29H27FN2O2/c30-23-17-32(18-23)16-21-8-4-9-24-26(33)25(28(34-27(21)24)20-6-2-1-3-7-20)19-10-12-22(13-11-19)29(31)14-5-15-29/h1-4,6-13,23H,5,14-18,31H2. The van der Waals surface area contributed by atoms with E-state index in [1.165, 1.54) is 0 Å². The van der Waals surface area contributed by atoms with Gasteiger partial charge in [-0.25, -0.2) is 4.39 Å². The van der Waals surface area contributed by atoms with Gasteiger partial charge in [-0.1, -0.05) is 66.7 Å². The highest BCUT2D eigenvalue weighted by molar-refractivity contribution is 5.90. The van der Waals surface area contributed by atoms with Gasteiger partial charge >= 0.3 is 0 Å². The molecule has 0 amide bonds. The second kappa shape index (κ2) is 8.19. The summed E-state index contributed by atoms with van der Waals surface area (Å²) in [7, 11) is 0. The van der Waals surface area contributed by atoms with Crippen LogP contribution in [0.3, 0.4) is 0 Å². The van der Waals surface area contributed by atoms with Crippen molar-refractivity contribution >= 4 is 11.0 Å². The summed E-state index contributed by atoms with van der Waals surface area (Å²) in [6.07, 6.45) is 2.35. The minimum Gasteiger partial charge on any atom is -0.455 e. The number of rotatable bonds is 5. The molecule has 1 aromatic heterocycles. The number of nitrogens with two attached hydrogens (primary N) is 1. The molecule has 0 bridgehead atoms. The Labute approximate surface area is 197 Å². The molecule has 2 aliphatic rings. The molecule has 172 valence electrons. The van der Waals surface area contributed by atoms with Gasteiger partial charge in [0.05, 0.1) is 10.9 Å². The van der Waals surface area contributed by atoms with Crippen LogP contribution in [-0.4, -0.2) is 24.2 Å². The first kappa shape index (κ1) is 21.3. The van der Waals surface area contributed by atoms with E-state index in [9.17, 15) is 9.18 Å². The van der Waals surface area contributed by atoms with Crippen LogP contribution in [0.1, 0.15) is 30.4 Å². The second-order valence-electron chi connectivity index (χ2n) is 9.67. The van der Waals surface area contributed by atoms with Crippen LogP contribution in [0.5, 0.6) is 0 Å². The summed E-state index contributed by atoms with van der Waals surface area (Å²) < 4.78 is 19.9. The molecule has 1 saturated carbocycles. The monoisotopic (exact) mass is 454 g/mol. The zero-order chi connectivity index (χ0) is 23.3. The third-order valence-electron chi connectivity index (χ3n) is 7.34. The first-order valence-corrected chi connectivity index (χ1v) is 11.9. The van der Waals surface area contributed by atoms with Crippen LogP contribution in [0.4, 0.5) is 4.39 Å². The van der Waals surface area contributed by atoms with Crippen LogP contribution in [0, 0.1) is 0 Å². The molecule has 2 fully saturated rings. The van der Waals surface area contributed by atoms with E-state index in [1.54, 1.807) is 0 Å². The first-order chi connectivity index (χ1) is 16.5. The van der Waals surface area contributed by atoms with Crippen molar-refractivity contribution in [2.45, 2.75) is 37.5 Å². The number of para-hydroxylation sites is 1. The fraction of sp³-hybridized carbons (Fsp3) is 0.276. The van der Waals surface area contributed by atoms with Gasteiger partial charge < -0.3 is 10.2 Å². The Bertz CT molecular complexity index is 1400. The van der Waals surface area contributed by atoms with Crippen LogP contribution in [0.25, 0.3) is 33.4 Å². The molecule has 3 aromatic carbocycles. The molecule has 0 spiro atoms. The molecule has 1 saturated heterocycles. The van der Waals surface area contributed by atoms with Crippen molar-refractivity contribution in [1.29, 1.82) is 0 Å². The summed E-state index contributed by atoms with van der Waals surface area (Å²) in [6, 6.07) is 23.4. The fourth-order valence-corrected chi connectivity index (χ4v) is 5.15. The Balaban J connectivity index is 1.52. The third kappa shape index (κ3) is 3.56. The molecule has 0 atom stereocenters. The van der Waals surface area contributed by atoms with Gasteiger partial charge in [-0.05, 0) is 36.5 Å². The number of hydrogen-bond acceptors (Lipinski definition) is 4. The SMILES string of the molecule is NC1(c2ccc(-c3c(-c4ccccc4)oc4c(CN5CC(F)C5)cccc4c3=O)cc2)CCC1. The lowest BCUT2D eigenvalue weighted by Crippen LogP contribution is -2.47. The summed E-state index contributed by atoms with van der Waals surface area (Å²) >= 11 is 0. The van der Waals surface area contributed by atoms with Crippen LogP contribution in [0.2, 0.25) is 0 Å². The van der Waals surface area contributed by atoms with Crippen molar-refractivity contribution in [2.24, 2.45) is 5.73 Å². The Hall–Kier alpha value is -3.28. The van der Waals surface area contributed by atoms with E-state index in [1.807, 2.05) is 77.7 Å². The molecule has 1 aliphatic heterocycles. The van der Waals surface area contributed by atoms with E-state index in [0.717, 1.165) is 41.5 Å². The average Bonchev–Trinajstić information content (AvgIpc) is 2.82. The molecule has 4 nitrogen and oxygen atoms in total. The first-order valence-electron chi connectivity index (χ1n) is 11.9. The Morgan fingerprint density at radius 3 is 2.32 bits per heavy atom. The van der Waals surface area contributed by atoms with Crippen LogP contribution in [0.15, 0.2) is 82.0 Å². The zero-order valence-corrected chi connectivity index (χ0v) is 19.0. The van der Waals surface area contributed by atoms with Crippen LogP contribution < -0.4 is 11.2 Å². The molecule has 6 rings (SSSR count). The summed E-state index contributed by atoms with van der Waals surface area (Å²) in [5.41, 5.74) is 11.0. The van der Waals surface area contributed by atoms with Gasteiger partial charge in [0.2, 0.25) is 5.43 Å². The molecule has 5 heteroatoms. The molecule has 2 N–H and O–H groups in total. The number of nitrogens with zero attached hydrogens (tertiary/aromatic N) is 1. The number of halogens is 1. The lowest BCUT2D eigenvalue weighted by Gasteiger charge is -2.38. The smallest absolute Gasteiger partial charge is 0.201 e. The Kier molecular flexibility index (Phi) is 5.12. The average molecular weight is 455 g/mol. The lowest BCUT2D eigenvalue weighted by molar-refractivity contribution is 0.0592. The molecule has 2 heterocycles. The van der Waals surface area contributed by atoms with Crippen LogP contribution in [-0.2, 0) is 12.1 Å². The minimum atomic E-state index is -0.774. The number of benzene rings is 3. The van der Waals surface area contributed by atoms with Gasteiger partial charge in [0.15, 0.2) is 0 Å². The van der Waals surface area contributed by atoms with Gasteiger partial charge in [0.1, 0.15) is 17.5 Å². The van der Waals surface area contributed by atoms with Crippen molar-refractivity contribution in [3.05, 3.63) is 94.1 Å². The highest BCUT2D eigenvalue weighted by Gasteiger charge is 2.34. The predicted octanol–water partition coefficient (Wildman–Crippen LogP) is 5.62. The van der Waals surface area contributed by atoms with Crippen molar-refractivity contribution < 1.29 is 8.81 Å². The predicted molar refractivity (Wildman–Crippen MR) is 133 cm³/mol.